The lowest BCUT2D eigenvalue weighted by Crippen LogP contribution is -2.20. The zero-order valence-corrected chi connectivity index (χ0v) is 13.0. The first-order valence-corrected chi connectivity index (χ1v) is 8.07. The number of ether oxygens (including phenoxy) is 2. The molecule has 3 N–H and O–H groups in total. The maximum atomic E-state index is 11.0. The van der Waals surface area contributed by atoms with E-state index in [2.05, 4.69) is 4.99 Å². The van der Waals surface area contributed by atoms with E-state index >= 15 is 0 Å². The summed E-state index contributed by atoms with van der Waals surface area (Å²) in [5.74, 6) is 0.266. The van der Waals surface area contributed by atoms with Crippen molar-refractivity contribution in [3.63, 3.8) is 0 Å². The highest BCUT2D eigenvalue weighted by molar-refractivity contribution is 6.14. The normalized spacial score (nSPS) is 19.9. The SMILES string of the molecule is Nc1ccc2c(c1)c(C1=NCCOC1)c(O)n2C1CCOCC1. The second-order valence-corrected chi connectivity index (χ2v) is 6.07. The monoisotopic (exact) mass is 315 g/mol. The third-order valence-electron chi connectivity index (χ3n) is 4.62. The number of nitrogens with two attached hydrogens (primary N) is 1. The van der Waals surface area contributed by atoms with Crippen LogP contribution in [0.5, 0.6) is 5.88 Å². The number of nitrogens with zero attached hydrogens (tertiary/aromatic N) is 2. The van der Waals surface area contributed by atoms with Crippen LogP contribution in [0.25, 0.3) is 10.9 Å². The summed E-state index contributed by atoms with van der Waals surface area (Å²) in [5.41, 5.74) is 9.21. The van der Waals surface area contributed by atoms with Gasteiger partial charge in [0.05, 0.1) is 36.6 Å². The van der Waals surface area contributed by atoms with Crippen LogP contribution in [0.1, 0.15) is 24.4 Å². The van der Waals surface area contributed by atoms with Gasteiger partial charge in [0.15, 0.2) is 0 Å². The van der Waals surface area contributed by atoms with Crippen molar-refractivity contribution < 1.29 is 14.6 Å². The molecule has 0 amide bonds. The number of hydrogen-bond donors (Lipinski definition) is 2. The van der Waals surface area contributed by atoms with E-state index in [1.54, 1.807) is 0 Å². The number of anilines is 1. The van der Waals surface area contributed by atoms with Gasteiger partial charge in [-0.05, 0) is 31.0 Å². The van der Waals surface area contributed by atoms with Crippen LogP contribution in [-0.4, -0.2) is 48.4 Å². The summed E-state index contributed by atoms with van der Waals surface area (Å²) in [5, 5.41) is 11.9. The number of nitrogen functional groups attached to an aromatic ring is 1. The van der Waals surface area contributed by atoms with E-state index in [1.165, 1.54) is 0 Å². The lowest BCUT2D eigenvalue weighted by molar-refractivity contribution is 0.0688. The molecule has 4 rings (SSSR count). The Bertz CT molecular complexity index is 760. The summed E-state index contributed by atoms with van der Waals surface area (Å²) in [6.45, 7) is 3.12. The van der Waals surface area contributed by atoms with Gasteiger partial charge in [0, 0.05) is 30.3 Å². The van der Waals surface area contributed by atoms with Gasteiger partial charge in [0.2, 0.25) is 5.88 Å². The van der Waals surface area contributed by atoms with Gasteiger partial charge in [0.25, 0.3) is 0 Å². The Morgan fingerprint density at radius 3 is 2.74 bits per heavy atom. The maximum absolute atomic E-state index is 11.0. The van der Waals surface area contributed by atoms with Gasteiger partial charge in [-0.25, -0.2) is 0 Å². The summed E-state index contributed by atoms with van der Waals surface area (Å²) < 4.78 is 13.0. The molecule has 3 heterocycles. The lowest BCUT2D eigenvalue weighted by Gasteiger charge is -2.25. The molecule has 0 unspecified atom stereocenters. The van der Waals surface area contributed by atoms with Crippen LogP contribution in [0, 0.1) is 0 Å². The number of benzene rings is 1. The molecule has 0 bridgehead atoms. The smallest absolute Gasteiger partial charge is 0.201 e. The Morgan fingerprint density at radius 1 is 1.17 bits per heavy atom. The second-order valence-electron chi connectivity index (χ2n) is 6.07. The van der Waals surface area contributed by atoms with E-state index in [4.69, 9.17) is 15.2 Å². The van der Waals surface area contributed by atoms with Crippen molar-refractivity contribution in [1.29, 1.82) is 0 Å². The Labute approximate surface area is 134 Å². The number of fused-ring (bicyclic) bond motifs is 1. The molecule has 2 aliphatic rings. The van der Waals surface area contributed by atoms with Crippen molar-refractivity contribution in [1.82, 2.24) is 4.57 Å². The largest absolute Gasteiger partial charge is 0.494 e. The average molecular weight is 315 g/mol. The van der Waals surface area contributed by atoms with Crippen molar-refractivity contribution in [2.45, 2.75) is 18.9 Å². The molecule has 1 aromatic carbocycles. The van der Waals surface area contributed by atoms with E-state index in [0.717, 1.165) is 48.2 Å². The van der Waals surface area contributed by atoms with Crippen LogP contribution in [0.2, 0.25) is 0 Å². The highest BCUT2D eigenvalue weighted by Gasteiger charge is 2.27. The molecule has 0 radical (unpaired) electrons. The van der Waals surface area contributed by atoms with Gasteiger partial charge in [-0.1, -0.05) is 0 Å². The van der Waals surface area contributed by atoms with Crippen LogP contribution < -0.4 is 5.73 Å². The fourth-order valence-electron chi connectivity index (χ4n) is 3.53. The molecule has 2 aromatic rings. The third kappa shape index (κ3) is 2.48. The summed E-state index contributed by atoms with van der Waals surface area (Å²) in [7, 11) is 0. The van der Waals surface area contributed by atoms with E-state index < -0.39 is 0 Å². The Morgan fingerprint density at radius 2 is 2.00 bits per heavy atom. The fraction of sp³-hybridized carbons (Fsp3) is 0.471. The number of rotatable bonds is 2. The van der Waals surface area contributed by atoms with E-state index in [9.17, 15) is 5.11 Å². The maximum Gasteiger partial charge on any atom is 0.201 e. The van der Waals surface area contributed by atoms with Crippen molar-refractivity contribution in [2.24, 2.45) is 4.99 Å². The molecule has 0 atom stereocenters. The van der Waals surface area contributed by atoms with E-state index in [-0.39, 0.29) is 11.9 Å². The average Bonchev–Trinajstić information content (AvgIpc) is 2.87. The van der Waals surface area contributed by atoms with Crippen molar-refractivity contribution in [2.75, 3.05) is 38.7 Å². The molecule has 1 saturated heterocycles. The highest BCUT2D eigenvalue weighted by atomic mass is 16.5. The molecule has 6 heteroatoms. The minimum absolute atomic E-state index is 0.230. The molecule has 1 aromatic heterocycles. The number of aliphatic imine (C=N–C) groups is 1. The molecule has 0 saturated carbocycles. The van der Waals surface area contributed by atoms with Gasteiger partial charge in [-0.15, -0.1) is 0 Å². The topological polar surface area (TPSA) is 82.0 Å². The lowest BCUT2D eigenvalue weighted by atomic mass is 10.1. The second kappa shape index (κ2) is 5.86. The van der Waals surface area contributed by atoms with Gasteiger partial charge in [-0.3, -0.25) is 4.99 Å². The minimum Gasteiger partial charge on any atom is -0.494 e. The Balaban J connectivity index is 1.92. The first-order chi connectivity index (χ1) is 11.3. The van der Waals surface area contributed by atoms with Gasteiger partial charge >= 0.3 is 0 Å². The zero-order valence-electron chi connectivity index (χ0n) is 13.0. The van der Waals surface area contributed by atoms with Crippen LogP contribution in [0.3, 0.4) is 0 Å². The van der Waals surface area contributed by atoms with Crippen LogP contribution >= 0.6 is 0 Å². The third-order valence-corrected chi connectivity index (χ3v) is 4.62. The molecule has 2 aliphatic heterocycles. The summed E-state index contributed by atoms with van der Waals surface area (Å²) in [4.78, 5) is 4.55. The van der Waals surface area contributed by atoms with Gasteiger partial charge in [0.1, 0.15) is 0 Å². The molecule has 0 aliphatic carbocycles. The standard InChI is InChI=1S/C17H21N3O3/c18-11-1-2-15-13(9-11)16(14-10-23-8-5-19-14)17(21)20(15)12-3-6-22-7-4-12/h1-2,9,12,21H,3-8,10,18H2. The van der Waals surface area contributed by atoms with Gasteiger partial charge < -0.3 is 24.9 Å². The van der Waals surface area contributed by atoms with Crippen LogP contribution in [0.15, 0.2) is 23.2 Å². The molecule has 23 heavy (non-hydrogen) atoms. The quantitative estimate of drug-likeness (QED) is 0.832. The molecular formula is C17H21N3O3. The van der Waals surface area contributed by atoms with Crippen LogP contribution in [0.4, 0.5) is 5.69 Å². The van der Waals surface area contributed by atoms with Gasteiger partial charge in [-0.2, -0.15) is 0 Å². The van der Waals surface area contributed by atoms with Crippen molar-refractivity contribution in [3.8, 4) is 5.88 Å². The molecular weight excluding hydrogens is 294 g/mol. The van der Waals surface area contributed by atoms with Crippen LogP contribution in [-0.2, 0) is 9.47 Å². The van der Waals surface area contributed by atoms with Crippen molar-refractivity contribution in [3.05, 3.63) is 23.8 Å². The fourth-order valence-corrected chi connectivity index (χ4v) is 3.53. The summed E-state index contributed by atoms with van der Waals surface area (Å²) in [6.07, 6.45) is 1.79. The Hall–Kier alpha value is -2.05. The minimum atomic E-state index is 0.230. The van der Waals surface area contributed by atoms with E-state index in [1.807, 2.05) is 22.8 Å². The first-order valence-electron chi connectivity index (χ1n) is 8.07. The zero-order chi connectivity index (χ0) is 15.8. The molecule has 1 fully saturated rings. The predicted octanol–water partition coefficient (Wildman–Crippen LogP) is 2.10. The summed E-state index contributed by atoms with van der Waals surface area (Å²) >= 11 is 0. The number of hydrogen-bond acceptors (Lipinski definition) is 5. The highest BCUT2D eigenvalue weighted by Crippen LogP contribution is 2.38. The summed E-state index contributed by atoms with van der Waals surface area (Å²) in [6, 6.07) is 6.00. The predicted molar refractivity (Wildman–Crippen MR) is 89.3 cm³/mol. The van der Waals surface area contributed by atoms with E-state index in [0.29, 0.717) is 25.4 Å². The Kier molecular flexibility index (Phi) is 3.71. The first kappa shape index (κ1) is 14.5. The number of aromatic hydroxyl groups is 1. The molecule has 0 spiro atoms. The molecule has 122 valence electrons. The molecule has 6 nitrogen and oxygen atoms in total. The van der Waals surface area contributed by atoms with Crippen molar-refractivity contribution >= 4 is 22.3 Å². The number of aromatic nitrogens is 1.